The fourth-order valence-corrected chi connectivity index (χ4v) is 3.59. The molecule has 0 saturated heterocycles. The highest BCUT2D eigenvalue weighted by Crippen LogP contribution is 2.12. The van der Waals surface area contributed by atoms with Gasteiger partial charge in [0.15, 0.2) is 11.3 Å². The van der Waals surface area contributed by atoms with E-state index in [9.17, 15) is 8.42 Å². The summed E-state index contributed by atoms with van der Waals surface area (Å²) in [5, 5.41) is 2.75. The molecule has 0 bridgehead atoms. The van der Waals surface area contributed by atoms with Crippen LogP contribution < -0.4 is 11.1 Å². The minimum Gasteiger partial charge on any atom is -0.333 e. The number of aromatic nitrogens is 6. The molecule has 43 heavy (non-hydrogen) atoms. The first-order valence-corrected chi connectivity index (χ1v) is 15.1. The molecule has 11 nitrogen and oxygen atoms in total. The normalized spacial score (nSPS) is 9.77. The predicted molar refractivity (Wildman–Crippen MR) is 175 cm³/mol. The number of pyridine rings is 2. The van der Waals surface area contributed by atoms with E-state index in [2.05, 4.69) is 45.1 Å². The fourth-order valence-electron chi connectivity index (χ4n) is 2.93. The van der Waals surface area contributed by atoms with Crippen LogP contribution in [0.5, 0.6) is 0 Å². The minimum absolute atomic E-state index is 0.190. The van der Waals surface area contributed by atoms with Crippen LogP contribution in [0.1, 0.15) is 42.2 Å². The lowest BCUT2D eigenvalue weighted by atomic mass is 10.2. The number of rotatable bonds is 2. The predicted octanol–water partition coefficient (Wildman–Crippen LogP) is 5.05. The van der Waals surface area contributed by atoms with Crippen molar-refractivity contribution in [2.45, 2.75) is 53.4 Å². The summed E-state index contributed by atoms with van der Waals surface area (Å²) in [4.78, 5) is 25.7. The third-order valence-electron chi connectivity index (χ3n) is 5.23. The van der Waals surface area contributed by atoms with E-state index in [-0.39, 0.29) is 4.90 Å². The van der Waals surface area contributed by atoms with Crippen molar-refractivity contribution in [3.8, 4) is 0 Å². The Bertz CT molecular complexity index is 1450. The van der Waals surface area contributed by atoms with Crippen molar-refractivity contribution < 1.29 is 12.6 Å². The first-order valence-electron chi connectivity index (χ1n) is 13.7. The van der Waals surface area contributed by atoms with E-state index in [0.29, 0.717) is 0 Å². The van der Waals surface area contributed by atoms with Gasteiger partial charge in [0, 0.05) is 12.4 Å². The van der Waals surface area contributed by atoms with Gasteiger partial charge >= 0.3 is 0 Å². The molecule has 0 amide bonds. The van der Waals surface area contributed by atoms with Crippen molar-refractivity contribution in [2.75, 3.05) is 28.3 Å². The number of nitrogens with two attached hydrogens (primary N) is 1. The Labute approximate surface area is 256 Å². The maximum absolute atomic E-state index is 11.1. The van der Waals surface area contributed by atoms with Crippen molar-refractivity contribution in [1.82, 2.24) is 35.2 Å². The molecule has 0 aliphatic rings. The van der Waals surface area contributed by atoms with Gasteiger partial charge in [0.05, 0.1) is 34.8 Å². The third kappa shape index (κ3) is 13.3. The zero-order chi connectivity index (χ0) is 33.0. The highest BCUT2D eigenvalue weighted by atomic mass is 32.2. The maximum Gasteiger partial charge on any atom is 0.296 e. The maximum atomic E-state index is 11.1. The van der Waals surface area contributed by atoms with Gasteiger partial charge in [0.1, 0.15) is 11.0 Å². The number of aryl methyl sites for hydroxylation is 5. The average Bonchev–Trinajstić information content (AvgIpc) is 3.02. The van der Waals surface area contributed by atoms with Gasteiger partial charge in [-0.1, -0.05) is 31.5 Å². The molecule has 0 unspecified atom stereocenters. The number of benzene rings is 1. The molecule has 4 aromatic heterocycles. The van der Waals surface area contributed by atoms with Gasteiger partial charge in [0.2, 0.25) is 0 Å². The summed E-state index contributed by atoms with van der Waals surface area (Å²) < 4.78 is 26.5. The second-order valence-corrected chi connectivity index (χ2v) is 10.1. The Kier molecular flexibility index (Phi) is 18.9. The van der Waals surface area contributed by atoms with Crippen molar-refractivity contribution >= 4 is 32.4 Å². The van der Waals surface area contributed by atoms with Crippen LogP contribution in [0, 0.1) is 34.6 Å². The van der Waals surface area contributed by atoms with E-state index < -0.39 is 10.1 Å². The van der Waals surface area contributed by atoms with Gasteiger partial charge in [-0.05, 0) is 92.2 Å². The Morgan fingerprint density at radius 3 is 1.35 bits per heavy atom. The van der Waals surface area contributed by atoms with Crippen LogP contribution in [0.4, 0.5) is 0 Å². The van der Waals surface area contributed by atoms with E-state index in [0.717, 1.165) is 57.8 Å². The summed E-state index contributed by atoms with van der Waals surface area (Å²) >= 11 is 0. The lowest BCUT2D eigenvalue weighted by molar-refractivity contribution is 0.398. The molecular weight excluding hydrogens is 564 g/mol. The molecule has 234 valence electrons. The van der Waals surface area contributed by atoms with Crippen LogP contribution in [0.2, 0.25) is 0 Å². The van der Waals surface area contributed by atoms with Crippen LogP contribution >= 0.6 is 0 Å². The zero-order valence-corrected chi connectivity index (χ0v) is 28.0. The highest BCUT2D eigenvalue weighted by Gasteiger charge is 2.11. The minimum atomic E-state index is -3.51. The van der Waals surface area contributed by atoms with Crippen LogP contribution in [0.25, 0.3) is 22.3 Å². The first-order chi connectivity index (χ1) is 20.5. The smallest absolute Gasteiger partial charge is 0.296 e. The van der Waals surface area contributed by atoms with Gasteiger partial charge in [-0.25, -0.2) is 29.9 Å². The zero-order valence-electron chi connectivity index (χ0n) is 27.2. The van der Waals surface area contributed by atoms with Gasteiger partial charge in [0.25, 0.3) is 10.1 Å². The second kappa shape index (κ2) is 20.8. The Balaban J connectivity index is 0.000000556. The monoisotopic (exact) mass is 610 g/mol. The third-order valence-corrected chi connectivity index (χ3v) is 6.52. The lowest BCUT2D eigenvalue weighted by Crippen LogP contribution is -2.02. The van der Waals surface area contributed by atoms with E-state index in [4.69, 9.17) is 0 Å². The van der Waals surface area contributed by atoms with Gasteiger partial charge in [-0.15, -0.1) is 0 Å². The summed E-state index contributed by atoms with van der Waals surface area (Å²) in [6.45, 7) is 13.7. The molecule has 0 aliphatic heterocycles. The van der Waals surface area contributed by atoms with Crippen molar-refractivity contribution in [1.29, 1.82) is 0 Å². The first kappa shape index (κ1) is 39.0. The van der Waals surface area contributed by atoms with Crippen LogP contribution in [0.3, 0.4) is 0 Å². The molecule has 4 heterocycles. The van der Waals surface area contributed by atoms with Crippen molar-refractivity contribution in [3.63, 3.8) is 0 Å². The van der Waals surface area contributed by atoms with Gasteiger partial charge < -0.3 is 11.1 Å². The SMILES string of the molecule is CC.CN.CNC.COS(=O)(=O)c1ccc(C)cc1.Cc1nc2cccnc2nc1C.Cc1nc2cccnc2nc1C. The van der Waals surface area contributed by atoms with E-state index in [1.165, 1.54) is 19.2 Å². The van der Waals surface area contributed by atoms with E-state index >= 15 is 0 Å². The molecule has 1 aromatic carbocycles. The summed E-state index contributed by atoms with van der Waals surface area (Å²) in [5.74, 6) is 0. The number of hydrogen-bond donors (Lipinski definition) is 2. The summed E-state index contributed by atoms with van der Waals surface area (Å²) in [6.07, 6.45) is 3.46. The topological polar surface area (TPSA) is 159 Å². The number of nitrogens with zero attached hydrogens (tertiary/aromatic N) is 6. The van der Waals surface area contributed by atoms with E-state index in [1.54, 1.807) is 24.5 Å². The fraction of sp³-hybridized carbons (Fsp3) is 0.355. The Morgan fingerprint density at radius 2 is 1.00 bits per heavy atom. The average molecular weight is 611 g/mol. The highest BCUT2D eigenvalue weighted by molar-refractivity contribution is 7.86. The van der Waals surface area contributed by atoms with Gasteiger partial charge in [-0.2, -0.15) is 8.42 Å². The van der Waals surface area contributed by atoms with Crippen molar-refractivity contribution in [3.05, 3.63) is 89.3 Å². The number of hydrogen-bond acceptors (Lipinski definition) is 11. The Morgan fingerprint density at radius 1 is 0.651 bits per heavy atom. The number of nitrogens with one attached hydrogen (secondary N) is 1. The molecule has 0 saturated carbocycles. The standard InChI is InChI=1S/2C9H9N3.C8H10O3S.C2H7N.C2H6.CH5N/c2*1-6-7(2)12-9-8(11-6)4-3-5-10-9;1-7-3-5-8(6-4-7)12(9,10)11-2;1-3-2;2*1-2/h2*3-5H,1-2H3;3-6H,1-2H3;3H,1-2H3;1-2H3;2H2,1H3. The van der Waals surface area contributed by atoms with Gasteiger partial charge in [-0.3, -0.25) is 4.18 Å². The quantitative estimate of drug-likeness (QED) is 0.258. The summed E-state index contributed by atoms with van der Waals surface area (Å²) in [5.41, 5.74) is 12.5. The van der Waals surface area contributed by atoms with Crippen LogP contribution in [-0.2, 0) is 14.3 Å². The summed E-state index contributed by atoms with van der Waals surface area (Å²) in [7, 11) is 2.88. The molecule has 0 radical (unpaired) electrons. The summed E-state index contributed by atoms with van der Waals surface area (Å²) in [6, 6.07) is 14.1. The molecular formula is C31H46N8O3S. The second-order valence-electron chi connectivity index (χ2n) is 8.41. The molecule has 3 N–H and O–H groups in total. The lowest BCUT2D eigenvalue weighted by Gasteiger charge is -2.00. The molecule has 0 atom stereocenters. The molecule has 0 spiro atoms. The van der Waals surface area contributed by atoms with E-state index in [1.807, 2.05) is 86.8 Å². The molecule has 12 heteroatoms. The molecule has 5 rings (SSSR count). The molecule has 5 aromatic rings. The molecule has 0 fully saturated rings. The molecule has 0 aliphatic carbocycles. The number of fused-ring (bicyclic) bond motifs is 2. The van der Waals surface area contributed by atoms with Crippen molar-refractivity contribution in [2.24, 2.45) is 5.73 Å². The van der Waals surface area contributed by atoms with Crippen LogP contribution in [-0.4, -0.2) is 66.6 Å². The van der Waals surface area contributed by atoms with Crippen LogP contribution in [0.15, 0.2) is 65.8 Å². The Hall–Kier alpha value is -3.97. The largest absolute Gasteiger partial charge is 0.333 e.